The lowest BCUT2D eigenvalue weighted by Crippen LogP contribution is -2.42. The van der Waals surface area contributed by atoms with Crippen LogP contribution in [-0.4, -0.2) is 43.3 Å². The number of rotatable bonds is 6. The van der Waals surface area contributed by atoms with E-state index in [0.29, 0.717) is 29.1 Å². The van der Waals surface area contributed by atoms with Crippen molar-refractivity contribution >= 4 is 33.2 Å². The molecule has 0 aromatic heterocycles. The van der Waals surface area contributed by atoms with E-state index < -0.39 is 10.0 Å². The van der Waals surface area contributed by atoms with Crippen LogP contribution in [0.3, 0.4) is 0 Å². The molecule has 194 valence electrons. The number of anilines is 1. The molecule has 1 heterocycles. The van der Waals surface area contributed by atoms with Gasteiger partial charge in [-0.15, -0.1) is 0 Å². The molecule has 3 rings (SSSR count). The van der Waals surface area contributed by atoms with E-state index in [1.807, 2.05) is 40.7 Å². The van der Waals surface area contributed by atoms with Crippen molar-refractivity contribution < 1.29 is 18.0 Å². The van der Waals surface area contributed by atoms with E-state index in [9.17, 15) is 18.0 Å². The first-order valence-corrected chi connectivity index (χ1v) is 13.6. The molecule has 0 radical (unpaired) electrons. The number of hydrogen-bond acceptors (Lipinski definition) is 5. The van der Waals surface area contributed by atoms with Crippen molar-refractivity contribution in [1.29, 1.82) is 0 Å². The molecular formula is C27H36N4O4S. The third kappa shape index (κ3) is 5.68. The Hall–Kier alpha value is -3.04. The van der Waals surface area contributed by atoms with Crippen LogP contribution >= 0.6 is 0 Å². The van der Waals surface area contributed by atoms with Gasteiger partial charge in [-0.05, 0) is 99.9 Å². The Morgan fingerprint density at radius 3 is 2.03 bits per heavy atom. The molecule has 2 aromatic carbocycles. The van der Waals surface area contributed by atoms with Crippen LogP contribution in [0.4, 0.5) is 5.69 Å². The van der Waals surface area contributed by atoms with Gasteiger partial charge in [-0.3, -0.25) is 9.59 Å². The molecule has 0 aliphatic carbocycles. The second kappa shape index (κ2) is 10.9. The summed E-state index contributed by atoms with van der Waals surface area (Å²) in [6.07, 6.45) is 0.860. The van der Waals surface area contributed by atoms with Gasteiger partial charge in [0.1, 0.15) is 0 Å². The molecule has 8 nitrogen and oxygen atoms in total. The quantitative estimate of drug-likeness (QED) is 0.448. The zero-order valence-electron chi connectivity index (χ0n) is 22.2. The summed E-state index contributed by atoms with van der Waals surface area (Å²) >= 11 is 0. The number of hydrogen-bond donors (Lipinski definition) is 2. The summed E-state index contributed by atoms with van der Waals surface area (Å²) < 4.78 is 28.6. The Balaban J connectivity index is 1.67. The number of sulfonamides is 1. The van der Waals surface area contributed by atoms with Crippen molar-refractivity contribution in [1.82, 2.24) is 9.73 Å². The van der Waals surface area contributed by atoms with Crippen LogP contribution in [0, 0.1) is 40.5 Å². The largest absolute Gasteiger partial charge is 0.326 e. The third-order valence-corrected chi connectivity index (χ3v) is 9.46. The lowest BCUT2D eigenvalue weighted by Gasteiger charge is -2.31. The Bertz CT molecular complexity index is 1290. The minimum Gasteiger partial charge on any atom is -0.326 e. The van der Waals surface area contributed by atoms with E-state index >= 15 is 0 Å². The van der Waals surface area contributed by atoms with Crippen LogP contribution in [0.2, 0.25) is 0 Å². The number of piperidine rings is 1. The zero-order valence-corrected chi connectivity index (χ0v) is 23.0. The summed E-state index contributed by atoms with van der Waals surface area (Å²) in [5.74, 6) is -0.706. The Morgan fingerprint density at radius 2 is 1.47 bits per heavy atom. The SMILES string of the molecule is CC(=O)Nc1cccc(/C(C)=N/NC(=O)C2CCN(S(=O)(=O)c3c(C)c(C)c(C)c(C)c3C)CC2)c1. The molecule has 2 amide bonds. The predicted octanol–water partition coefficient (Wildman–Crippen LogP) is 4.13. The van der Waals surface area contributed by atoms with Crippen LogP contribution < -0.4 is 10.7 Å². The minimum absolute atomic E-state index is 0.165. The Morgan fingerprint density at radius 1 is 0.917 bits per heavy atom. The summed E-state index contributed by atoms with van der Waals surface area (Å²) in [6, 6.07) is 7.21. The van der Waals surface area contributed by atoms with Crippen molar-refractivity contribution in [3.8, 4) is 0 Å². The molecule has 1 aliphatic heterocycles. The van der Waals surface area contributed by atoms with Gasteiger partial charge in [0.25, 0.3) is 0 Å². The molecule has 2 aromatic rings. The smallest absolute Gasteiger partial charge is 0.243 e. The van der Waals surface area contributed by atoms with E-state index in [1.165, 1.54) is 11.2 Å². The normalized spacial score (nSPS) is 15.6. The van der Waals surface area contributed by atoms with E-state index in [2.05, 4.69) is 15.8 Å². The highest BCUT2D eigenvalue weighted by atomic mass is 32.2. The van der Waals surface area contributed by atoms with Crippen LogP contribution in [0.5, 0.6) is 0 Å². The van der Waals surface area contributed by atoms with Gasteiger partial charge >= 0.3 is 0 Å². The van der Waals surface area contributed by atoms with Crippen molar-refractivity contribution in [2.24, 2.45) is 11.0 Å². The maximum atomic E-state index is 13.6. The van der Waals surface area contributed by atoms with E-state index in [1.54, 1.807) is 25.1 Å². The molecule has 0 spiro atoms. The van der Waals surface area contributed by atoms with Gasteiger partial charge in [0, 0.05) is 31.6 Å². The van der Waals surface area contributed by atoms with Gasteiger partial charge in [0.2, 0.25) is 21.8 Å². The van der Waals surface area contributed by atoms with Gasteiger partial charge in [-0.1, -0.05) is 12.1 Å². The van der Waals surface area contributed by atoms with Crippen molar-refractivity contribution in [2.45, 2.75) is 66.2 Å². The molecule has 0 unspecified atom stereocenters. The monoisotopic (exact) mass is 512 g/mol. The molecule has 1 saturated heterocycles. The van der Waals surface area contributed by atoms with Crippen LogP contribution in [0.1, 0.15) is 60.1 Å². The maximum absolute atomic E-state index is 13.6. The first-order chi connectivity index (χ1) is 16.8. The number of nitrogens with zero attached hydrogens (tertiary/aromatic N) is 2. The highest BCUT2D eigenvalue weighted by molar-refractivity contribution is 7.89. The molecule has 0 bridgehead atoms. The van der Waals surface area contributed by atoms with Gasteiger partial charge in [-0.2, -0.15) is 9.41 Å². The molecule has 2 N–H and O–H groups in total. The van der Waals surface area contributed by atoms with E-state index in [-0.39, 0.29) is 30.8 Å². The van der Waals surface area contributed by atoms with E-state index in [0.717, 1.165) is 33.4 Å². The molecule has 0 atom stereocenters. The van der Waals surface area contributed by atoms with Gasteiger partial charge < -0.3 is 5.32 Å². The molecule has 1 aliphatic rings. The van der Waals surface area contributed by atoms with Crippen LogP contribution in [0.15, 0.2) is 34.3 Å². The molecular weight excluding hydrogens is 476 g/mol. The first kappa shape index (κ1) is 27.5. The Labute approximate surface area is 214 Å². The summed E-state index contributed by atoms with van der Waals surface area (Å²) in [4.78, 5) is 24.4. The summed E-state index contributed by atoms with van der Waals surface area (Å²) in [7, 11) is -3.66. The van der Waals surface area contributed by atoms with Crippen molar-refractivity contribution in [3.05, 3.63) is 57.6 Å². The average molecular weight is 513 g/mol. The lowest BCUT2D eigenvalue weighted by molar-refractivity contribution is -0.126. The molecule has 36 heavy (non-hydrogen) atoms. The standard InChI is InChI=1S/C27H36N4O4S/c1-16-17(2)19(4)26(20(5)18(16)3)36(34,35)31-13-11-23(12-14-31)27(33)30-29-21(6)24-9-8-10-25(15-24)28-22(7)32/h8-10,15,23H,11-14H2,1-7H3,(H,28,32)(H,30,33)/b29-21+. The molecule has 1 fully saturated rings. The number of amides is 2. The fourth-order valence-corrected chi connectivity index (χ4v) is 6.69. The fraction of sp³-hybridized carbons (Fsp3) is 0.444. The minimum atomic E-state index is -3.66. The molecule has 0 saturated carbocycles. The number of carbonyl (C=O) groups is 2. The predicted molar refractivity (Wildman–Crippen MR) is 143 cm³/mol. The van der Waals surface area contributed by atoms with Crippen LogP contribution in [0.25, 0.3) is 0 Å². The van der Waals surface area contributed by atoms with Gasteiger partial charge in [0.05, 0.1) is 10.6 Å². The second-order valence-corrected chi connectivity index (χ2v) is 11.4. The van der Waals surface area contributed by atoms with Crippen LogP contribution in [-0.2, 0) is 19.6 Å². The summed E-state index contributed by atoms with van der Waals surface area (Å²) in [5.41, 5.74) is 9.37. The van der Waals surface area contributed by atoms with Crippen molar-refractivity contribution in [3.63, 3.8) is 0 Å². The summed E-state index contributed by atoms with van der Waals surface area (Å²) in [5, 5.41) is 6.95. The average Bonchev–Trinajstić information content (AvgIpc) is 2.84. The first-order valence-electron chi connectivity index (χ1n) is 12.1. The summed E-state index contributed by atoms with van der Waals surface area (Å²) in [6.45, 7) is 13.5. The van der Waals surface area contributed by atoms with Gasteiger partial charge in [-0.25, -0.2) is 13.8 Å². The Kier molecular flexibility index (Phi) is 8.36. The van der Waals surface area contributed by atoms with E-state index in [4.69, 9.17) is 0 Å². The number of carbonyl (C=O) groups excluding carboxylic acids is 2. The topological polar surface area (TPSA) is 108 Å². The fourth-order valence-electron chi connectivity index (χ4n) is 4.66. The highest BCUT2D eigenvalue weighted by Crippen LogP contribution is 2.33. The number of nitrogens with one attached hydrogen (secondary N) is 2. The molecule has 9 heteroatoms. The zero-order chi connectivity index (χ0) is 26.8. The number of hydrazone groups is 1. The maximum Gasteiger partial charge on any atom is 0.243 e. The highest BCUT2D eigenvalue weighted by Gasteiger charge is 2.34. The van der Waals surface area contributed by atoms with Crippen molar-refractivity contribution in [2.75, 3.05) is 18.4 Å². The lowest BCUT2D eigenvalue weighted by atomic mass is 9.95. The third-order valence-electron chi connectivity index (χ3n) is 7.29. The number of benzene rings is 2. The van der Waals surface area contributed by atoms with Gasteiger partial charge in [0.15, 0.2) is 0 Å². The second-order valence-electron chi connectivity index (χ2n) is 9.57.